The van der Waals surface area contributed by atoms with Crippen LogP contribution in [0.25, 0.3) is 0 Å². The lowest BCUT2D eigenvalue weighted by molar-refractivity contribution is 0.0292. The monoisotopic (exact) mass is 263 g/mol. The molecule has 0 aromatic heterocycles. The highest BCUT2D eigenvalue weighted by molar-refractivity contribution is 5.17. The average Bonchev–Trinajstić information content (AvgIpc) is 2.49. The Morgan fingerprint density at radius 3 is 2.63 bits per heavy atom. The third-order valence-electron chi connectivity index (χ3n) is 3.71. The standard InChI is InChI=1S/C16H25NO2/c18-16(14-7-3-1-4-8-14)13-17-11-12-19-15-9-5-2-6-10-15/h1,3-4,7-8,15-18H,2,5-6,9-13H2. The summed E-state index contributed by atoms with van der Waals surface area (Å²) >= 11 is 0. The maximum Gasteiger partial charge on any atom is 0.0914 e. The van der Waals surface area contributed by atoms with Gasteiger partial charge in [0.25, 0.3) is 0 Å². The molecule has 3 nitrogen and oxygen atoms in total. The second kappa shape index (κ2) is 8.31. The van der Waals surface area contributed by atoms with E-state index in [1.54, 1.807) is 0 Å². The summed E-state index contributed by atoms with van der Waals surface area (Å²) in [4.78, 5) is 0. The number of nitrogens with one attached hydrogen (secondary N) is 1. The molecule has 1 aromatic carbocycles. The molecule has 1 aliphatic carbocycles. The fourth-order valence-corrected chi connectivity index (χ4v) is 2.56. The van der Waals surface area contributed by atoms with Gasteiger partial charge in [-0.1, -0.05) is 49.6 Å². The fourth-order valence-electron chi connectivity index (χ4n) is 2.56. The first kappa shape index (κ1) is 14.5. The van der Waals surface area contributed by atoms with Crippen molar-refractivity contribution in [1.29, 1.82) is 0 Å². The van der Waals surface area contributed by atoms with E-state index < -0.39 is 6.10 Å². The summed E-state index contributed by atoms with van der Waals surface area (Å²) in [6.45, 7) is 2.13. The van der Waals surface area contributed by atoms with Crippen LogP contribution in [0.1, 0.15) is 43.8 Å². The van der Waals surface area contributed by atoms with E-state index in [2.05, 4.69) is 5.32 Å². The number of aliphatic hydroxyl groups excluding tert-OH is 1. The zero-order valence-electron chi connectivity index (χ0n) is 11.6. The van der Waals surface area contributed by atoms with Gasteiger partial charge in [0.15, 0.2) is 0 Å². The second-order valence-corrected chi connectivity index (χ2v) is 5.26. The molecule has 0 heterocycles. The van der Waals surface area contributed by atoms with E-state index in [4.69, 9.17) is 4.74 Å². The highest BCUT2D eigenvalue weighted by Gasteiger charge is 2.13. The number of hydrogen-bond acceptors (Lipinski definition) is 3. The maximum atomic E-state index is 9.97. The van der Waals surface area contributed by atoms with Crippen molar-refractivity contribution in [2.24, 2.45) is 0 Å². The molecule has 0 bridgehead atoms. The van der Waals surface area contributed by atoms with Crippen LogP contribution >= 0.6 is 0 Å². The first-order valence-electron chi connectivity index (χ1n) is 7.41. The fraction of sp³-hybridized carbons (Fsp3) is 0.625. The van der Waals surface area contributed by atoms with Gasteiger partial charge in [0.2, 0.25) is 0 Å². The summed E-state index contributed by atoms with van der Waals surface area (Å²) in [6, 6.07) is 9.76. The molecule has 1 aliphatic rings. The second-order valence-electron chi connectivity index (χ2n) is 5.26. The van der Waals surface area contributed by atoms with E-state index in [0.29, 0.717) is 12.6 Å². The lowest BCUT2D eigenvalue weighted by Crippen LogP contribution is -2.27. The Hall–Kier alpha value is -0.900. The lowest BCUT2D eigenvalue weighted by atomic mass is 9.98. The first-order valence-corrected chi connectivity index (χ1v) is 7.41. The van der Waals surface area contributed by atoms with Crippen molar-refractivity contribution in [3.63, 3.8) is 0 Å². The van der Waals surface area contributed by atoms with Crippen LogP contribution in [-0.4, -0.2) is 30.9 Å². The minimum atomic E-state index is -0.434. The smallest absolute Gasteiger partial charge is 0.0914 e. The maximum absolute atomic E-state index is 9.97. The molecular formula is C16H25NO2. The topological polar surface area (TPSA) is 41.5 Å². The Labute approximate surface area is 116 Å². The Morgan fingerprint density at radius 2 is 1.89 bits per heavy atom. The van der Waals surface area contributed by atoms with Gasteiger partial charge in [0, 0.05) is 13.1 Å². The quantitative estimate of drug-likeness (QED) is 0.743. The molecule has 0 spiro atoms. The molecule has 0 saturated heterocycles. The number of benzene rings is 1. The zero-order valence-corrected chi connectivity index (χ0v) is 11.6. The molecular weight excluding hydrogens is 238 g/mol. The Bertz CT molecular complexity index is 336. The Balaban J connectivity index is 1.54. The molecule has 2 N–H and O–H groups in total. The average molecular weight is 263 g/mol. The van der Waals surface area contributed by atoms with Crippen LogP contribution < -0.4 is 5.32 Å². The van der Waals surface area contributed by atoms with Crippen molar-refractivity contribution < 1.29 is 9.84 Å². The molecule has 1 atom stereocenters. The Morgan fingerprint density at radius 1 is 1.16 bits per heavy atom. The van der Waals surface area contributed by atoms with E-state index in [1.165, 1.54) is 32.1 Å². The summed E-state index contributed by atoms with van der Waals surface area (Å²) in [7, 11) is 0. The van der Waals surface area contributed by atoms with Gasteiger partial charge in [-0.05, 0) is 18.4 Å². The predicted molar refractivity (Wildman–Crippen MR) is 77.1 cm³/mol. The molecule has 2 rings (SSSR count). The molecule has 1 fully saturated rings. The number of rotatable bonds is 7. The van der Waals surface area contributed by atoms with Crippen LogP contribution in [0.3, 0.4) is 0 Å². The number of ether oxygens (including phenoxy) is 1. The summed E-state index contributed by atoms with van der Waals surface area (Å²) in [5.41, 5.74) is 0.961. The van der Waals surface area contributed by atoms with Gasteiger partial charge < -0.3 is 15.2 Å². The summed E-state index contributed by atoms with van der Waals surface area (Å²) in [5, 5.41) is 13.2. The zero-order chi connectivity index (χ0) is 13.3. The van der Waals surface area contributed by atoms with Crippen molar-refractivity contribution >= 4 is 0 Å². The van der Waals surface area contributed by atoms with E-state index in [-0.39, 0.29) is 0 Å². The van der Waals surface area contributed by atoms with E-state index >= 15 is 0 Å². The van der Waals surface area contributed by atoms with Crippen LogP contribution in [-0.2, 0) is 4.74 Å². The first-order chi connectivity index (χ1) is 9.36. The molecule has 1 saturated carbocycles. The van der Waals surface area contributed by atoms with Gasteiger partial charge in [0.05, 0.1) is 18.8 Å². The largest absolute Gasteiger partial charge is 0.387 e. The molecule has 0 amide bonds. The third-order valence-corrected chi connectivity index (χ3v) is 3.71. The van der Waals surface area contributed by atoms with Gasteiger partial charge in [-0.25, -0.2) is 0 Å². The molecule has 0 aliphatic heterocycles. The van der Waals surface area contributed by atoms with Crippen LogP contribution in [0.4, 0.5) is 0 Å². The van der Waals surface area contributed by atoms with Crippen molar-refractivity contribution in [1.82, 2.24) is 5.32 Å². The lowest BCUT2D eigenvalue weighted by Gasteiger charge is -2.22. The number of aliphatic hydroxyl groups is 1. The van der Waals surface area contributed by atoms with Crippen molar-refractivity contribution in [2.75, 3.05) is 19.7 Å². The molecule has 0 radical (unpaired) electrons. The van der Waals surface area contributed by atoms with Gasteiger partial charge in [0.1, 0.15) is 0 Å². The van der Waals surface area contributed by atoms with Crippen molar-refractivity contribution in [3.8, 4) is 0 Å². The predicted octanol–water partition coefficient (Wildman–Crippen LogP) is 2.66. The molecule has 19 heavy (non-hydrogen) atoms. The molecule has 106 valence electrons. The third kappa shape index (κ3) is 5.31. The number of hydrogen-bond donors (Lipinski definition) is 2. The van der Waals surface area contributed by atoms with Crippen LogP contribution in [0.5, 0.6) is 0 Å². The van der Waals surface area contributed by atoms with Crippen LogP contribution in [0, 0.1) is 0 Å². The minimum Gasteiger partial charge on any atom is -0.387 e. The van der Waals surface area contributed by atoms with Crippen LogP contribution in [0.15, 0.2) is 30.3 Å². The van der Waals surface area contributed by atoms with Gasteiger partial charge in [-0.2, -0.15) is 0 Å². The molecule has 3 heteroatoms. The van der Waals surface area contributed by atoms with Gasteiger partial charge >= 0.3 is 0 Å². The summed E-state index contributed by atoms with van der Waals surface area (Å²) in [6.07, 6.45) is 6.45. The summed E-state index contributed by atoms with van der Waals surface area (Å²) in [5.74, 6) is 0. The molecule has 1 aromatic rings. The van der Waals surface area contributed by atoms with Crippen LogP contribution in [0.2, 0.25) is 0 Å². The van der Waals surface area contributed by atoms with E-state index in [1.807, 2.05) is 30.3 Å². The van der Waals surface area contributed by atoms with Gasteiger partial charge in [-0.3, -0.25) is 0 Å². The highest BCUT2D eigenvalue weighted by Crippen LogP contribution is 2.19. The SMILES string of the molecule is OC(CNCCOC1CCCCC1)c1ccccc1. The van der Waals surface area contributed by atoms with Crippen molar-refractivity contribution in [2.45, 2.75) is 44.3 Å². The summed E-state index contributed by atoms with van der Waals surface area (Å²) < 4.78 is 5.83. The molecule has 1 unspecified atom stereocenters. The van der Waals surface area contributed by atoms with E-state index in [0.717, 1.165) is 18.7 Å². The Kier molecular flexibility index (Phi) is 6.34. The minimum absolute atomic E-state index is 0.434. The normalized spacial score (nSPS) is 18.4. The highest BCUT2D eigenvalue weighted by atomic mass is 16.5. The van der Waals surface area contributed by atoms with Crippen molar-refractivity contribution in [3.05, 3.63) is 35.9 Å². The van der Waals surface area contributed by atoms with E-state index in [9.17, 15) is 5.11 Å². The van der Waals surface area contributed by atoms with Gasteiger partial charge in [-0.15, -0.1) is 0 Å².